The molecule has 20 heavy (non-hydrogen) atoms. The topological polar surface area (TPSA) is 29.1 Å². The first-order valence-corrected chi connectivity index (χ1v) is 9.08. The zero-order chi connectivity index (χ0) is 14.8. The summed E-state index contributed by atoms with van der Waals surface area (Å²) in [5.74, 6) is 0.686. The normalized spacial score (nSPS) is 26.3. The van der Waals surface area contributed by atoms with Gasteiger partial charge in [-0.05, 0) is 65.7 Å². The maximum Gasteiger partial charge on any atom is 0.252 e. The Morgan fingerprint density at radius 1 is 1.45 bits per heavy atom. The largest absolute Gasteiger partial charge is 0.346 e. The van der Waals surface area contributed by atoms with Crippen LogP contribution in [-0.4, -0.2) is 16.8 Å². The first-order valence-electron chi connectivity index (χ1n) is 6.79. The van der Waals surface area contributed by atoms with Crippen LogP contribution in [0.2, 0.25) is 5.02 Å². The molecule has 1 fully saturated rings. The molecule has 0 aromatic heterocycles. The van der Waals surface area contributed by atoms with Crippen molar-refractivity contribution in [1.29, 1.82) is 0 Å². The molecule has 1 saturated carbocycles. The smallest absolute Gasteiger partial charge is 0.252 e. The Morgan fingerprint density at radius 3 is 2.70 bits per heavy atom. The Labute approximate surface area is 141 Å². The first-order chi connectivity index (χ1) is 9.46. The van der Waals surface area contributed by atoms with Gasteiger partial charge in [0, 0.05) is 14.8 Å². The van der Waals surface area contributed by atoms with Crippen molar-refractivity contribution in [1.82, 2.24) is 5.32 Å². The molecular formula is C15H18Br2ClNO. The average molecular weight is 424 g/mol. The molecule has 0 aliphatic heterocycles. The maximum absolute atomic E-state index is 12.5. The summed E-state index contributed by atoms with van der Waals surface area (Å²) in [6, 6.07) is 5.28. The highest BCUT2D eigenvalue weighted by molar-refractivity contribution is 9.10. The zero-order valence-corrected chi connectivity index (χ0v) is 15.3. The predicted molar refractivity (Wildman–Crippen MR) is 90.8 cm³/mol. The number of hydrogen-bond acceptors (Lipinski definition) is 1. The summed E-state index contributed by atoms with van der Waals surface area (Å²) in [4.78, 5) is 12.5. The van der Waals surface area contributed by atoms with E-state index in [-0.39, 0.29) is 11.4 Å². The monoisotopic (exact) mass is 421 g/mol. The van der Waals surface area contributed by atoms with Gasteiger partial charge in [-0.1, -0.05) is 34.5 Å². The Balaban J connectivity index is 2.15. The average Bonchev–Trinajstić information content (AvgIpc) is 2.44. The van der Waals surface area contributed by atoms with Crippen LogP contribution in [0.3, 0.4) is 0 Å². The molecule has 5 heteroatoms. The summed E-state index contributed by atoms with van der Waals surface area (Å²) in [6.07, 6.45) is 4.35. The molecule has 1 N–H and O–H groups in total. The molecule has 110 valence electrons. The van der Waals surface area contributed by atoms with Crippen LogP contribution in [0.5, 0.6) is 0 Å². The number of alkyl halides is 1. The minimum atomic E-state index is -0.134. The highest BCUT2D eigenvalue weighted by Gasteiger charge is 2.35. The third-order valence-corrected chi connectivity index (χ3v) is 6.04. The van der Waals surface area contributed by atoms with Gasteiger partial charge in [-0.2, -0.15) is 0 Å². The molecule has 0 saturated heterocycles. The Hall–Kier alpha value is -0.0600. The van der Waals surface area contributed by atoms with Crippen LogP contribution in [0, 0.1) is 5.92 Å². The molecule has 0 spiro atoms. The second kappa shape index (κ2) is 6.80. The molecule has 1 aliphatic rings. The Morgan fingerprint density at radius 2 is 2.10 bits per heavy atom. The second-order valence-electron chi connectivity index (χ2n) is 5.67. The van der Waals surface area contributed by atoms with Crippen LogP contribution in [-0.2, 0) is 0 Å². The van der Waals surface area contributed by atoms with Gasteiger partial charge in [0.15, 0.2) is 0 Å². The van der Waals surface area contributed by atoms with E-state index in [2.05, 4.69) is 44.1 Å². The summed E-state index contributed by atoms with van der Waals surface area (Å²) < 4.78 is 0.772. The van der Waals surface area contributed by atoms with Crippen LogP contribution < -0.4 is 5.32 Å². The first kappa shape index (κ1) is 16.3. The SMILES string of the molecule is CC1CCC(CBr)(NC(=O)c2cc(Cl)ccc2Br)CC1. The van der Waals surface area contributed by atoms with E-state index in [1.54, 1.807) is 18.2 Å². The van der Waals surface area contributed by atoms with Gasteiger partial charge < -0.3 is 5.32 Å². The van der Waals surface area contributed by atoms with E-state index in [9.17, 15) is 4.79 Å². The van der Waals surface area contributed by atoms with Crippen molar-refractivity contribution in [2.45, 2.75) is 38.1 Å². The van der Waals surface area contributed by atoms with E-state index in [0.29, 0.717) is 10.6 Å². The van der Waals surface area contributed by atoms with Crippen molar-refractivity contribution in [3.63, 3.8) is 0 Å². The number of halogens is 3. The number of carbonyl (C=O) groups excluding carboxylic acids is 1. The summed E-state index contributed by atoms with van der Waals surface area (Å²) in [5.41, 5.74) is 0.460. The minimum Gasteiger partial charge on any atom is -0.346 e. The molecule has 2 nitrogen and oxygen atoms in total. The van der Waals surface area contributed by atoms with Gasteiger partial charge in [0.25, 0.3) is 5.91 Å². The molecule has 0 unspecified atom stereocenters. The summed E-state index contributed by atoms with van der Waals surface area (Å²) in [5, 5.41) is 4.57. The third-order valence-electron chi connectivity index (χ3n) is 4.04. The van der Waals surface area contributed by atoms with Crippen molar-refractivity contribution in [2.24, 2.45) is 5.92 Å². The fraction of sp³-hybridized carbons (Fsp3) is 0.533. The summed E-state index contributed by atoms with van der Waals surface area (Å²) >= 11 is 13.0. The lowest BCUT2D eigenvalue weighted by molar-refractivity contribution is 0.0873. The Kier molecular flexibility index (Phi) is 5.55. The van der Waals surface area contributed by atoms with Crippen LogP contribution in [0.25, 0.3) is 0 Å². The number of amides is 1. The summed E-state index contributed by atoms with van der Waals surface area (Å²) in [6.45, 7) is 2.27. The standard InChI is InChI=1S/C15H18Br2ClNO/c1-10-4-6-15(9-16,7-5-10)19-14(20)12-8-11(18)2-3-13(12)17/h2-3,8,10H,4-7,9H2,1H3,(H,19,20). The fourth-order valence-corrected chi connectivity index (χ4v) is 3.89. The van der Waals surface area contributed by atoms with Crippen molar-refractivity contribution in [3.8, 4) is 0 Å². The van der Waals surface area contributed by atoms with Crippen molar-refractivity contribution >= 4 is 49.4 Å². The molecule has 0 radical (unpaired) electrons. The molecule has 1 aromatic carbocycles. The van der Waals surface area contributed by atoms with Gasteiger partial charge in [0.1, 0.15) is 0 Å². The summed E-state index contributed by atoms with van der Waals surface area (Å²) in [7, 11) is 0. The van der Waals surface area contributed by atoms with E-state index in [4.69, 9.17) is 11.6 Å². The number of nitrogens with one attached hydrogen (secondary N) is 1. The molecule has 2 rings (SSSR count). The van der Waals surface area contributed by atoms with Gasteiger partial charge in [-0.25, -0.2) is 0 Å². The van der Waals surface area contributed by atoms with Gasteiger partial charge in [-0.15, -0.1) is 0 Å². The molecule has 0 heterocycles. The number of carbonyl (C=O) groups is 1. The molecule has 1 aliphatic carbocycles. The van der Waals surface area contributed by atoms with Crippen LogP contribution in [0.4, 0.5) is 0 Å². The van der Waals surface area contributed by atoms with Crippen molar-refractivity contribution < 1.29 is 4.79 Å². The van der Waals surface area contributed by atoms with E-state index in [1.165, 1.54) is 0 Å². The molecule has 1 aromatic rings. The van der Waals surface area contributed by atoms with Gasteiger partial charge in [-0.3, -0.25) is 4.79 Å². The van der Waals surface area contributed by atoms with E-state index < -0.39 is 0 Å². The molecular weight excluding hydrogens is 405 g/mol. The lowest BCUT2D eigenvalue weighted by atomic mass is 9.78. The van der Waals surface area contributed by atoms with Gasteiger partial charge >= 0.3 is 0 Å². The minimum absolute atomic E-state index is 0.0617. The van der Waals surface area contributed by atoms with E-state index >= 15 is 0 Å². The van der Waals surface area contributed by atoms with Crippen molar-refractivity contribution in [2.75, 3.05) is 5.33 Å². The number of hydrogen-bond donors (Lipinski definition) is 1. The lowest BCUT2D eigenvalue weighted by Crippen LogP contribution is -2.52. The molecule has 0 atom stereocenters. The molecule has 0 bridgehead atoms. The Bertz CT molecular complexity index is 499. The van der Waals surface area contributed by atoms with Gasteiger partial charge in [0.05, 0.1) is 11.1 Å². The zero-order valence-electron chi connectivity index (χ0n) is 11.4. The second-order valence-corrected chi connectivity index (χ2v) is 7.53. The highest BCUT2D eigenvalue weighted by atomic mass is 79.9. The lowest BCUT2D eigenvalue weighted by Gasteiger charge is -2.39. The van der Waals surface area contributed by atoms with Gasteiger partial charge in [0.2, 0.25) is 0 Å². The van der Waals surface area contributed by atoms with Crippen molar-refractivity contribution in [3.05, 3.63) is 33.3 Å². The van der Waals surface area contributed by atoms with Crippen LogP contribution in [0.15, 0.2) is 22.7 Å². The predicted octanol–water partition coefficient (Wildman–Crippen LogP) is 5.18. The van der Waals surface area contributed by atoms with Crippen LogP contribution >= 0.6 is 43.5 Å². The number of benzene rings is 1. The third kappa shape index (κ3) is 3.77. The van der Waals surface area contributed by atoms with Crippen LogP contribution in [0.1, 0.15) is 43.0 Å². The van der Waals surface area contributed by atoms with E-state index in [0.717, 1.165) is 41.4 Å². The van der Waals surface area contributed by atoms with E-state index in [1.807, 2.05) is 0 Å². The quantitative estimate of drug-likeness (QED) is 0.667. The fourth-order valence-electron chi connectivity index (χ4n) is 2.59. The maximum atomic E-state index is 12.5. The highest BCUT2D eigenvalue weighted by Crippen LogP contribution is 2.34. The molecule has 1 amide bonds. The number of rotatable bonds is 3.